The number of likely N-dealkylation sites (tertiary alicyclic amines) is 2. The molecule has 152 valence electrons. The largest absolute Gasteiger partial charge is 0.299 e. The summed E-state index contributed by atoms with van der Waals surface area (Å²) in [5.74, 6) is 0.836. The molecule has 1 aromatic heterocycles. The number of nitrogens with zero attached hydrogens (tertiary/aromatic N) is 4. The van der Waals surface area contributed by atoms with Gasteiger partial charge in [0, 0.05) is 31.4 Å². The summed E-state index contributed by atoms with van der Waals surface area (Å²) in [5, 5.41) is 4.40. The van der Waals surface area contributed by atoms with Crippen LogP contribution in [0.3, 0.4) is 0 Å². The first-order valence-corrected chi connectivity index (χ1v) is 11.3. The first kappa shape index (κ1) is 19.7. The number of aryl methyl sites for hydroxylation is 1. The van der Waals surface area contributed by atoms with E-state index in [0.717, 1.165) is 25.6 Å². The zero-order valence-electron chi connectivity index (χ0n) is 17.5. The van der Waals surface area contributed by atoms with Gasteiger partial charge in [-0.05, 0) is 82.3 Å². The first-order valence-electron chi connectivity index (χ1n) is 11.3. The summed E-state index contributed by atoms with van der Waals surface area (Å²) < 4.78 is 2.02. The van der Waals surface area contributed by atoms with Crippen LogP contribution < -0.4 is 0 Å². The lowest BCUT2D eigenvalue weighted by Crippen LogP contribution is -2.33. The molecule has 2 saturated heterocycles. The molecule has 0 unspecified atom stereocenters. The molecule has 2 fully saturated rings. The second-order valence-electron chi connectivity index (χ2n) is 8.78. The molecule has 4 rings (SSSR count). The van der Waals surface area contributed by atoms with Crippen molar-refractivity contribution in [3.05, 3.63) is 53.3 Å². The van der Waals surface area contributed by atoms with E-state index in [1.165, 1.54) is 81.4 Å². The highest BCUT2D eigenvalue weighted by Crippen LogP contribution is 2.23. The van der Waals surface area contributed by atoms with E-state index >= 15 is 0 Å². The Hall–Kier alpha value is -1.65. The Balaban J connectivity index is 1.21. The second kappa shape index (κ2) is 9.71. The van der Waals surface area contributed by atoms with Gasteiger partial charge in [0.05, 0.1) is 6.20 Å². The van der Waals surface area contributed by atoms with Crippen molar-refractivity contribution in [3.8, 4) is 0 Å². The van der Waals surface area contributed by atoms with Crippen LogP contribution in [0.2, 0.25) is 0 Å². The van der Waals surface area contributed by atoms with Crippen molar-refractivity contribution in [3.63, 3.8) is 0 Å². The molecule has 0 N–H and O–H groups in total. The maximum atomic E-state index is 4.40. The van der Waals surface area contributed by atoms with E-state index in [2.05, 4.69) is 52.3 Å². The van der Waals surface area contributed by atoms with Crippen molar-refractivity contribution in [1.82, 2.24) is 19.6 Å². The molecule has 0 saturated carbocycles. The highest BCUT2D eigenvalue weighted by Gasteiger charge is 2.20. The summed E-state index contributed by atoms with van der Waals surface area (Å²) >= 11 is 0. The molecule has 2 aromatic rings. The summed E-state index contributed by atoms with van der Waals surface area (Å²) in [5.41, 5.74) is 4.35. The Morgan fingerprint density at radius 2 is 1.46 bits per heavy atom. The van der Waals surface area contributed by atoms with Gasteiger partial charge in [-0.2, -0.15) is 5.10 Å². The molecular weight excluding hydrogens is 344 g/mol. The minimum atomic E-state index is 0.836. The lowest BCUT2D eigenvalue weighted by Gasteiger charge is -2.31. The molecule has 2 aliphatic heterocycles. The van der Waals surface area contributed by atoms with E-state index in [4.69, 9.17) is 0 Å². The molecule has 3 heterocycles. The first-order chi connectivity index (χ1) is 13.8. The fourth-order valence-electron chi connectivity index (χ4n) is 4.76. The SMILES string of the molecule is CCn1cc(CN2CCC(Cc3ccc(CN4CCCCC4)cc3)CC2)cn1. The van der Waals surface area contributed by atoms with Crippen LogP contribution in [0.4, 0.5) is 0 Å². The Kier molecular flexibility index (Phi) is 6.81. The molecule has 0 radical (unpaired) electrons. The molecule has 4 heteroatoms. The van der Waals surface area contributed by atoms with Gasteiger partial charge in [-0.15, -0.1) is 0 Å². The smallest absolute Gasteiger partial charge is 0.0534 e. The average Bonchev–Trinajstić information content (AvgIpc) is 3.19. The Morgan fingerprint density at radius 1 is 0.821 bits per heavy atom. The van der Waals surface area contributed by atoms with Gasteiger partial charge in [0.2, 0.25) is 0 Å². The summed E-state index contributed by atoms with van der Waals surface area (Å²) in [4.78, 5) is 5.20. The highest BCUT2D eigenvalue weighted by molar-refractivity contribution is 5.23. The summed E-state index contributed by atoms with van der Waals surface area (Å²) in [6.07, 6.45) is 12.3. The van der Waals surface area contributed by atoms with Gasteiger partial charge in [0.25, 0.3) is 0 Å². The van der Waals surface area contributed by atoms with Crippen LogP contribution in [0.25, 0.3) is 0 Å². The molecule has 0 amide bonds. The van der Waals surface area contributed by atoms with E-state index in [-0.39, 0.29) is 0 Å². The highest BCUT2D eigenvalue weighted by atomic mass is 15.3. The van der Waals surface area contributed by atoms with Crippen LogP contribution in [0.5, 0.6) is 0 Å². The lowest BCUT2D eigenvalue weighted by molar-refractivity contribution is 0.177. The predicted molar refractivity (Wildman–Crippen MR) is 115 cm³/mol. The zero-order chi connectivity index (χ0) is 19.2. The number of aromatic nitrogens is 2. The summed E-state index contributed by atoms with van der Waals surface area (Å²) in [6, 6.07) is 9.49. The van der Waals surface area contributed by atoms with Gasteiger partial charge in [-0.25, -0.2) is 0 Å². The van der Waals surface area contributed by atoms with Crippen LogP contribution in [0.15, 0.2) is 36.7 Å². The number of hydrogen-bond donors (Lipinski definition) is 0. The predicted octanol–water partition coefficient (Wildman–Crippen LogP) is 4.34. The normalized spacial score (nSPS) is 19.9. The van der Waals surface area contributed by atoms with Crippen LogP contribution >= 0.6 is 0 Å². The minimum Gasteiger partial charge on any atom is -0.299 e. The Bertz CT molecular complexity index is 706. The Morgan fingerprint density at radius 3 is 2.14 bits per heavy atom. The van der Waals surface area contributed by atoms with Gasteiger partial charge >= 0.3 is 0 Å². The zero-order valence-corrected chi connectivity index (χ0v) is 17.5. The van der Waals surface area contributed by atoms with Crippen LogP contribution in [0.1, 0.15) is 55.7 Å². The van der Waals surface area contributed by atoms with Crippen LogP contribution in [-0.4, -0.2) is 45.8 Å². The summed E-state index contributed by atoms with van der Waals surface area (Å²) in [6.45, 7) is 10.3. The third-order valence-corrected chi connectivity index (χ3v) is 6.53. The van der Waals surface area contributed by atoms with Gasteiger partial charge in [0.1, 0.15) is 0 Å². The topological polar surface area (TPSA) is 24.3 Å². The van der Waals surface area contributed by atoms with Gasteiger partial charge in [-0.1, -0.05) is 30.7 Å². The van der Waals surface area contributed by atoms with Crippen molar-refractivity contribution < 1.29 is 0 Å². The second-order valence-corrected chi connectivity index (χ2v) is 8.78. The number of piperidine rings is 2. The molecule has 2 aliphatic rings. The van der Waals surface area contributed by atoms with Gasteiger partial charge in [-0.3, -0.25) is 14.5 Å². The van der Waals surface area contributed by atoms with Crippen molar-refractivity contribution >= 4 is 0 Å². The van der Waals surface area contributed by atoms with E-state index in [1.54, 1.807) is 0 Å². The lowest BCUT2D eigenvalue weighted by atomic mass is 9.90. The third kappa shape index (κ3) is 5.45. The number of benzene rings is 1. The molecule has 0 spiro atoms. The minimum absolute atomic E-state index is 0.836. The van der Waals surface area contributed by atoms with E-state index in [1.807, 2.05) is 10.9 Å². The number of rotatable bonds is 7. The van der Waals surface area contributed by atoms with Crippen LogP contribution in [0, 0.1) is 5.92 Å². The Labute approximate surface area is 170 Å². The van der Waals surface area contributed by atoms with Gasteiger partial charge < -0.3 is 0 Å². The molecule has 0 atom stereocenters. The summed E-state index contributed by atoms with van der Waals surface area (Å²) in [7, 11) is 0. The molecule has 0 aliphatic carbocycles. The quantitative estimate of drug-likeness (QED) is 0.714. The average molecular weight is 381 g/mol. The van der Waals surface area contributed by atoms with Crippen LogP contribution in [-0.2, 0) is 26.1 Å². The molecule has 4 nitrogen and oxygen atoms in total. The molecule has 1 aromatic carbocycles. The molecular formula is C24H36N4. The standard InChI is InChI=1S/C24H36N4/c1-2-28-20-24(17-25-28)19-27-14-10-22(11-15-27)16-21-6-8-23(9-7-21)18-26-12-4-3-5-13-26/h6-9,17,20,22H,2-5,10-16,18-19H2,1H3. The fourth-order valence-corrected chi connectivity index (χ4v) is 4.76. The van der Waals surface area contributed by atoms with E-state index < -0.39 is 0 Å². The maximum absolute atomic E-state index is 4.40. The van der Waals surface area contributed by atoms with Crippen molar-refractivity contribution in [2.75, 3.05) is 26.2 Å². The molecule has 28 heavy (non-hydrogen) atoms. The third-order valence-electron chi connectivity index (χ3n) is 6.53. The molecule has 0 bridgehead atoms. The van der Waals surface area contributed by atoms with Crippen molar-refractivity contribution in [2.24, 2.45) is 5.92 Å². The number of hydrogen-bond acceptors (Lipinski definition) is 3. The maximum Gasteiger partial charge on any atom is 0.0534 e. The van der Waals surface area contributed by atoms with E-state index in [0.29, 0.717) is 0 Å². The van der Waals surface area contributed by atoms with Gasteiger partial charge in [0.15, 0.2) is 0 Å². The fraction of sp³-hybridized carbons (Fsp3) is 0.625. The van der Waals surface area contributed by atoms with Crippen molar-refractivity contribution in [2.45, 2.75) is 65.1 Å². The monoisotopic (exact) mass is 380 g/mol. The van der Waals surface area contributed by atoms with E-state index in [9.17, 15) is 0 Å². The van der Waals surface area contributed by atoms with Crippen molar-refractivity contribution in [1.29, 1.82) is 0 Å².